The van der Waals surface area contributed by atoms with E-state index in [-0.39, 0.29) is 37.4 Å². The van der Waals surface area contributed by atoms with E-state index in [2.05, 4.69) is 15.4 Å². The molecule has 2 amide bonds. The van der Waals surface area contributed by atoms with Crippen molar-refractivity contribution in [2.75, 3.05) is 51.6 Å². The molecule has 0 aliphatic carbocycles. The molecule has 0 radical (unpaired) electrons. The van der Waals surface area contributed by atoms with Crippen molar-refractivity contribution in [1.29, 1.82) is 0 Å². The lowest BCUT2D eigenvalue weighted by molar-refractivity contribution is -0.214. The molecule has 0 spiro atoms. The van der Waals surface area contributed by atoms with Crippen molar-refractivity contribution in [3.63, 3.8) is 0 Å². The lowest BCUT2D eigenvalue weighted by Gasteiger charge is -2.41. The van der Waals surface area contributed by atoms with Gasteiger partial charge in [-0.05, 0) is 60.0 Å². The van der Waals surface area contributed by atoms with Crippen LogP contribution in [0.25, 0.3) is 0 Å². The number of ether oxygens (including phenoxy) is 1. The van der Waals surface area contributed by atoms with Gasteiger partial charge in [-0.15, -0.1) is 0 Å². The first-order valence-electron chi connectivity index (χ1n) is 12.2. The second-order valence-corrected chi connectivity index (χ2v) is 10.8. The molecule has 2 N–H and O–H groups in total. The molecule has 2 fully saturated rings. The van der Waals surface area contributed by atoms with Crippen LogP contribution >= 0.6 is 22.6 Å². The van der Waals surface area contributed by atoms with Crippen LogP contribution in [0.2, 0.25) is 0 Å². The maximum absolute atomic E-state index is 14.7. The van der Waals surface area contributed by atoms with Crippen LogP contribution in [0.1, 0.15) is 10.4 Å². The number of anilines is 2. The van der Waals surface area contributed by atoms with Crippen LogP contribution in [-0.2, 0) is 14.3 Å². The van der Waals surface area contributed by atoms with Crippen molar-refractivity contribution in [2.45, 2.75) is 18.4 Å². The van der Waals surface area contributed by atoms with Gasteiger partial charge in [-0.2, -0.15) is 13.2 Å². The molecule has 0 aromatic heterocycles. The molecule has 2 saturated heterocycles. The fourth-order valence-electron chi connectivity index (χ4n) is 4.27. The number of halogens is 7. The molecule has 16 heteroatoms. The highest BCUT2D eigenvalue weighted by Gasteiger charge is 2.45. The van der Waals surface area contributed by atoms with E-state index >= 15 is 0 Å². The minimum absolute atomic E-state index is 0.121. The summed E-state index contributed by atoms with van der Waals surface area (Å²) in [5, 5.41) is 4.90. The SMILES string of the molecule is CN1CCN(C(OC(=O)C(F)(F)F)C(=O)NC2CN(C(=O)c3ccc(F)c(F)c3Nc3ccc(I)cc3F)C2)CC1. The van der Waals surface area contributed by atoms with E-state index in [1.807, 2.05) is 27.5 Å². The van der Waals surface area contributed by atoms with Gasteiger partial charge in [0.1, 0.15) is 5.82 Å². The number of hydrogen-bond acceptors (Lipinski definition) is 7. The largest absolute Gasteiger partial charge is 0.490 e. The van der Waals surface area contributed by atoms with Gasteiger partial charge in [0.2, 0.25) is 6.23 Å². The topological polar surface area (TPSA) is 94.2 Å². The Bertz CT molecular complexity index is 1330. The van der Waals surface area contributed by atoms with Crippen molar-refractivity contribution < 1.29 is 45.5 Å². The first-order valence-corrected chi connectivity index (χ1v) is 13.3. The van der Waals surface area contributed by atoms with Crippen molar-refractivity contribution in [3.8, 4) is 0 Å². The number of carbonyl (C=O) groups excluding carboxylic acids is 3. The summed E-state index contributed by atoms with van der Waals surface area (Å²) in [4.78, 5) is 41.9. The number of nitrogens with one attached hydrogen (secondary N) is 2. The van der Waals surface area contributed by atoms with E-state index in [0.717, 1.165) is 18.2 Å². The zero-order chi connectivity index (χ0) is 30.1. The summed E-state index contributed by atoms with van der Waals surface area (Å²) >= 11 is 1.87. The molecule has 9 nitrogen and oxygen atoms in total. The molecular weight excluding hydrogens is 675 g/mol. The standard InChI is InChI=1S/C25H24F6IN5O4/c1-35-6-8-36(9-7-35)23(41-24(40)25(29,30)31)21(38)33-14-11-37(12-14)22(39)15-3-4-16(26)19(28)20(15)34-18-5-2-13(32)10-17(18)27/h2-5,10,14,23,34H,6-9,11-12H2,1H3,(H,33,38). The van der Waals surface area contributed by atoms with Gasteiger partial charge in [0.05, 0.1) is 23.0 Å². The molecule has 2 aliphatic rings. The summed E-state index contributed by atoms with van der Waals surface area (Å²) in [6, 6.07) is 5.03. The van der Waals surface area contributed by atoms with E-state index in [1.54, 1.807) is 7.05 Å². The predicted molar refractivity (Wildman–Crippen MR) is 142 cm³/mol. The molecule has 2 aromatic rings. The zero-order valence-corrected chi connectivity index (χ0v) is 23.6. The summed E-state index contributed by atoms with van der Waals surface area (Å²) in [7, 11) is 1.79. The van der Waals surface area contributed by atoms with E-state index in [0.29, 0.717) is 16.7 Å². The van der Waals surface area contributed by atoms with Gasteiger partial charge in [-0.3, -0.25) is 14.5 Å². The first kappa shape index (κ1) is 30.8. The number of alkyl halides is 3. The number of esters is 1. The van der Waals surface area contributed by atoms with Gasteiger partial charge >= 0.3 is 12.1 Å². The van der Waals surface area contributed by atoms with Crippen LogP contribution in [0.5, 0.6) is 0 Å². The molecule has 222 valence electrons. The minimum atomic E-state index is -5.30. The third-order valence-corrected chi connectivity index (χ3v) is 7.25. The molecule has 2 aromatic carbocycles. The monoisotopic (exact) mass is 699 g/mol. The summed E-state index contributed by atoms with van der Waals surface area (Å²) in [6.07, 6.45) is -7.14. The number of piperazine rings is 1. The molecule has 1 unspecified atom stereocenters. The number of nitrogens with zero attached hydrogens (tertiary/aromatic N) is 3. The molecule has 2 heterocycles. The molecule has 0 saturated carbocycles. The fourth-order valence-corrected chi connectivity index (χ4v) is 4.73. The van der Waals surface area contributed by atoms with Gasteiger partial charge in [0.15, 0.2) is 11.6 Å². The van der Waals surface area contributed by atoms with Crippen LogP contribution < -0.4 is 10.6 Å². The lowest BCUT2D eigenvalue weighted by atomic mass is 10.0. The van der Waals surface area contributed by atoms with E-state index < -0.39 is 59.4 Å². The Labute approximate surface area is 243 Å². The van der Waals surface area contributed by atoms with Gasteiger partial charge in [-0.25, -0.2) is 18.0 Å². The Kier molecular flexibility index (Phi) is 9.32. The lowest BCUT2D eigenvalue weighted by Crippen LogP contribution is -2.64. The number of rotatable bonds is 7. The van der Waals surface area contributed by atoms with Gasteiger partial charge in [0.25, 0.3) is 11.8 Å². The van der Waals surface area contributed by atoms with E-state index in [4.69, 9.17) is 0 Å². The second kappa shape index (κ2) is 12.4. The number of likely N-dealkylation sites (N-methyl/N-ethyl adjacent to an activating group) is 1. The van der Waals surface area contributed by atoms with Crippen LogP contribution in [0, 0.1) is 21.0 Å². The highest BCUT2D eigenvalue weighted by atomic mass is 127. The second-order valence-electron chi connectivity index (χ2n) is 9.54. The molecule has 2 aliphatic heterocycles. The van der Waals surface area contributed by atoms with Gasteiger partial charge in [-0.1, -0.05) is 0 Å². The average Bonchev–Trinajstić information content (AvgIpc) is 2.88. The first-order chi connectivity index (χ1) is 19.2. The smallest absolute Gasteiger partial charge is 0.430 e. The maximum atomic E-state index is 14.7. The molecule has 41 heavy (non-hydrogen) atoms. The minimum Gasteiger partial charge on any atom is -0.430 e. The highest BCUT2D eigenvalue weighted by Crippen LogP contribution is 2.30. The third kappa shape index (κ3) is 7.21. The molecule has 1 atom stereocenters. The van der Waals surface area contributed by atoms with Gasteiger partial charge in [0, 0.05) is 42.8 Å². The Morgan fingerprint density at radius 1 is 1.00 bits per heavy atom. The third-order valence-electron chi connectivity index (χ3n) is 6.58. The van der Waals surface area contributed by atoms with Crippen molar-refractivity contribution in [1.82, 2.24) is 20.0 Å². The zero-order valence-electron chi connectivity index (χ0n) is 21.4. The number of benzene rings is 2. The highest BCUT2D eigenvalue weighted by molar-refractivity contribution is 14.1. The Morgan fingerprint density at radius 3 is 2.27 bits per heavy atom. The van der Waals surface area contributed by atoms with Crippen LogP contribution in [0.3, 0.4) is 0 Å². The van der Waals surface area contributed by atoms with E-state index in [1.165, 1.54) is 21.9 Å². The molecule has 0 bridgehead atoms. The number of hydrogen-bond donors (Lipinski definition) is 2. The van der Waals surface area contributed by atoms with Crippen LogP contribution in [0.4, 0.5) is 37.7 Å². The average molecular weight is 699 g/mol. The summed E-state index contributed by atoms with van der Waals surface area (Å²) in [6.45, 7) is 0.947. The Hall–Kier alpha value is -3.12. The van der Waals surface area contributed by atoms with E-state index in [9.17, 15) is 40.7 Å². The predicted octanol–water partition coefficient (Wildman–Crippen LogP) is 3.07. The van der Waals surface area contributed by atoms with Crippen molar-refractivity contribution in [2.24, 2.45) is 0 Å². The van der Waals surface area contributed by atoms with Gasteiger partial charge < -0.3 is 25.2 Å². The van der Waals surface area contributed by atoms with Crippen molar-refractivity contribution in [3.05, 3.63) is 56.9 Å². The number of carbonyl (C=O) groups is 3. The summed E-state index contributed by atoms with van der Waals surface area (Å²) < 4.78 is 86.7. The molecule has 4 rings (SSSR count). The number of amides is 2. The van der Waals surface area contributed by atoms with Crippen LogP contribution in [0.15, 0.2) is 30.3 Å². The maximum Gasteiger partial charge on any atom is 0.490 e. The van der Waals surface area contributed by atoms with Crippen LogP contribution in [-0.4, -0.2) is 97.2 Å². The summed E-state index contributed by atoms with van der Waals surface area (Å²) in [5.41, 5.74) is -1.08. The molecular formula is C25H24F6IN5O4. The summed E-state index contributed by atoms with van der Waals surface area (Å²) in [5.74, 6) is -7.69. The normalized spacial score (nSPS) is 17.5. The Balaban J connectivity index is 1.44. The number of likely N-dealkylation sites (tertiary alicyclic amines) is 1. The Morgan fingerprint density at radius 2 is 1.66 bits per heavy atom. The van der Waals surface area contributed by atoms with Crippen molar-refractivity contribution >= 4 is 51.7 Å². The quantitative estimate of drug-likeness (QED) is 0.261. The fraction of sp³-hybridized carbons (Fsp3) is 0.400.